The van der Waals surface area contributed by atoms with Crippen LogP contribution in [0.2, 0.25) is 0 Å². The van der Waals surface area contributed by atoms with Gasteiger partial charge in [-0.15, -0.1) is 0 Å². The second-order valence-corrected chi connectivity index (χ2v) is 5.80. The summed E-state index contributed by atoms with van der Waals surface area (Å²) in [4.78, 5) is 15.0. The maximum Gasteiger partial charge on any atom is 0.341 e. The van der Waals surface area contributed by atoms with Gasteiger partial charge in [0.05, 0.1) is 28.0 Å². The number of aliphatic imine (C=N–C) groups is 1. The number of carboxylic acids is 1. The fourth-order valence-electron chi connectivity index (χ4n) is 1.86. The molecule has 0 radical (unpaired) electrons. The molecule has 0 fully saturated rings. The second-order valence-electron chi connectivity index (χ2n) is 4.63. The van der Waals surface area contributed by atoms with Crippen LogP contribution in [0.4, 0.5) is 5.69 Å². The number of methoxy groups -OCH3 is 1. The molecular weight excluding hydrogens is 423 g/mol. The molecule has 0 aliphatic rings. The van der Waals surface area contributed by atoms with Crippen molar-refractivity contribution < 1.29 is 19.4 Å². The van der Waals surface area contributed by atoms with Gasteiger partial charge in [-0.1, -0.05) is 0 Å². The third-order valence-electron chi connectivity index (χ3n) is 2.95. The van der Waals surface area contributed by atoms with E-state index in [0.717, 1.165) is 9.13 Å². The first-order chi connectivity index (χ1) is 11.5. The molecule has 2 aromatic carbocycles. The summed E-state index contributed by atoms with van der Waals surface area (Å²) in [6.45, 7) is -0.439. The fourth-order valence-corrected chi connectivity index (χ4v) is 2.64. The highest BCUT2D eigenvalue weighted by molar-refractivity contribution is 14.1. The summed E-state index contributed by atoms with van der Waals surface area (Å²) in [6, 6.07) is 12.5. The van der Waals surface area contributed by atoms with Gasteiger partial charge in [-0.2, -0.15) is 5.26 Å². The number of carboxylic acid groups (broad SMARTS) is 1. The van der Waals surface area contributed by atoms with Gasteiger partial charge in [0.15, 0.2) is 18.1 Å². The third kappa shape index (κ3) is 4.70. The summed E-state index contributed by atoms with van der Waals surface area (Å²) in [6.07, 6.45) is 1.66. The smallest absolute Gasteiger partial charge is 0.341 e. The lowest BCUT2D eigenvalue weighted by Crippen LogP contribution is -2.11. The molecule has 0 atom stereocenters. The van der Waals surface area contributed by atoms with Crippen molar-refractivity contribution in [2.45, 2.75) is 0 Å². The molecule has 0 unspecified atom stereocenters. The van der Waals surface area contributed by atoms with Crippen molar-refractivity contribution >= 4 is 40.5 Å². The first kappa shape index (κ1) is 17.7. The average Bonchev–Trinajstić information content (AvgIpc) is 2.58. The Hall–Kier alpha value is -2.60. The normalized spacial score (nSPS) is 10.4. The highest BCUT2D eigenvalue weighted by atomic mass is 127. The molecule has 0 aromatic heterocycles. The summed E-state index contributed by atoms with van der Waals surface area (Å²) in [5.74, 6) is -0.236. The number of nitrogens with zero attached hydrogens (tertiary/aromatic N) is 2. The molecule has 7 heteroatoms. The number of ether oxygens (including phenoxy) is 2. The van der Waals surface area contributed by atoms with Crippen molar-refractivity contribution in [3.05, 3.63) is 51.1 Å². The van der Waals surface area contributed by atoms with E-state index in [9.17, 15) is 4.79 Å². The number of hydrogen-bond donors (Lipinski definition) is 1. The maximum absolute atomic E-state index is 10.6. The van der Waals surface area contributed by atoms with Gasteiger partial charge in [0.25, 0.3) is 0 Å². The molecule has 0 aliphatic heterocycles. The summed E-state index contributed by atoms with van der Waals surface area (Å²) in [7, 11) is 1.49. The molecule has 2 rings (SSSR count). The van der Waals surface area contributed by atoms with Crippen molar-refractivity contribution in [1.82, 2.24) is 0 Å². The minimum Gasteiger partial charge on any atom is -0.493 e. The van der Waals surface area contributed by atoms with Crippen LogP contribution in [0.15, 0.2) is 41.4 Å². The molecule has 1 N–H and O–H groups in total. The van der Waals surface area contributed by atoms with Crippen LogP contribution in [-0.4, -0.2) is 31.0 Å². The standard InChI is InChI=1S/C17H13IN2O4/c1-23-15-7-12(6-14(18)17(15)24-10-16(21)22)9-20-13-4-2-11(8-19)3-5-13/h2-7,9H,10H2,1H3,(H,21,22). The lowest BCUT2D eigenvalue weighted by molar-refractivity contribution is -0.139. The molecule has 2 aromatic rings. The molecule has 0 bridgehead atoms. The topological polar surface area (TPSA) is 91.9 Å². The van der Waals surface area contributed by atoms with Gasteiger partial charge < -0.3 is 14.6 Å². The molecule has 0 amide bonds. The zero-order chi connectivity index (χ0) is 17.5. The molecular formula is C17H13IN2O4. The van der Waals surface area contributed by atoms with Gasteiger partial charge in [0.2, 0.25) is 0 Å². The minimum atomic E-state index is -1.06. The summed E-state index contributed by atoms with van der Waals surface area (Å²) in [5.41, 5.74) is 2.07. The van der Waals surface area contributed by atoms with E-state index in [-0.39, 0.29) is 0 Å². The molecule has 0 saturated heterocycles. The quantitative estimate of drug-likeness (QED) is 0.554. The van der Waals surface area contributed by atoms with Gasteiger partial charge in [-0.05, 0) is 64.6 Å². The molecule has 6 nitrogen and oxygen atoms in total. The second kappa shape index (κ2) is 8.31. The van der Waals surface area contributed by atoms with Gasteiger partial charge in [0.1, 0.15) is 0 Å². The number of benzene rings is 2. The Kier molecular flexibility index (Phi) is 6.14. The van der Waals surface area contributed by atoms with Crippen molar-refractivity contribution in [2.75, 3.05) is 13.7 Å². The highest BCUT2D eigenvalue weighted by Gasteiger charge is 2.12. The van der Waals surface area contributed by atoms with Crippen LogP contribution in [0.25, 0.3) is 0 Å². The van der Waals surface area contributed by atoms with Crippen LogP contribution < -0.4 is 9.47 Å². The van der Waals surface area contributed by atoms with Crippen LogP contribution in [0, 0.1) is 14.9 Å². The Morgan fingerprint density at radius 3 is 2.67 bits per heavy atom. The highest BCUT2D eigenvalue weighted by Crippen LogP contribution is 2.33. The van der Waals surface area contributed by atoms with Gasteiger partial charge in [-0.3, -0.25) is 4.99 Å². The maximum atomic E-state index is 10.6. The van der Waals surface area contributed by atoms with Crippen molar-refractivity contribution in [2.24, 2.45) is 4.99 Å². The zero-order valence-electron chi connectivity index (χ0n) is 12.7. The predicted molar refractivity (Wildman–Crippen MR) is 97.3 cm³/mol. The fraction of sp³-hybridized carbons (Fsp3) is 0.118. The molecule has 0 aliphatic carbocycles. The predicted octanol–water partition coefficient (Wildman–Crippen LogP) is 3.39. The third-order valence-corrected chi connectivity index (χ3v) is 3.75. The van der Waals surface area contributed by atoms with Crippen LogP contribution in [0.3, 0.4) is 0 Å². The number of halogens is 1. The number of hydrogen-bond acceptors (Lipinski definition) is 5. The van der Waals surface area contributed by atoms with E-state index in [4.69, 9.17) is 19.8 Å². The molecule has 0 heterocycles. The van der Waals surface area contributed by atoms with E-state index >= 15 is 0 Å². The first-order valence-electron chi connectivity index (χ1n) is 6.80. The van der Waals surface area contributed by atoms with Crippen LogP contribution in [0.1, 0.15) is 11.1 Å². The van der Waals surface area contributed by atoms with E-state index in [1.54, 1.807) is 36.5 Å². The molecule has 0 saturated carbocycles. The Morgan fingerprint density at radius 1 is 1.38 bits per heavy atom. The molecule has 24 heavy (non-hydrogen) atoms. The zero-order valence-corrected chi connectivity index (χ0v) is 14.9. The average molecular weight is 436 g/mol. The monoisotopic (exact) mass is 436 g/mol. The Bertz CT molecular complexity index is 811. The number of carbonyl (C=O) groups is 1. The minimum absolute atomic E-state index is 0.385. The van der Waals surface area contributed by atoms with E-state index in [0.29, 0.717) is 22.7 Å². The van der Waals surface area contributed by atoms with Gasteiger partial charge in [-0.25, -0.2) is 4.79 Å². The summed E-state index contributed by atoms with van der Waals surface area (Å²) < 4.78 is 11.2. The van der Waals surface area contributed by atoms with Crippen LogP contribution >= 0.6 is 22.6 Å². The largest absolute Gasteiger partial charge is 0.493 e. The van der Waals surface area contributed by atoms with Gasteiger partial charge >= 0.3 is 5.97 Å². The van der Waals surface area contributed by atoms with Crippen molar-refractivity contribution in [3.8, 4) is 17.6 Å². The molecule has 122 valence electrons. The van der Waals surface area contributed by atoms with Crippen LogP contribution in [-0.2, 0) is 4.79 Å². The lowest BCUT2D eigenvalue weighted by atomic mass is 10.2. The van der Waals surface area contributed by atoms with E-state index in [1.165, 1.54) is 7.11 Å². The van der Waals surface area contributed by atoms with Gasteiger partial charge in [0, 0.05) is 6.21 Å². The van der Waals surface area contributed by atoms with Crippen LogP contribution in [0.5, 0.6) is 11.5 Å². The Balaban J connectivity index is 2.24. The first-order valence-corrected chi connectivity index (χ1v) is 7.87. The number of nitriles is 1. The summed E-state index contributed by atoms with van der Waals surface area (Å²) in [5, 5.41) is 17.5. The SMILES string of the molecule is COc1cc(C=Nc2ccc(C#N)cc2)cc(I)c1OCC(=O)O. The lowest BCUT2D eigenvalue weighted by Gasteiger charge is -2.12. The van der Waals surface area contributed by atoms with E-state index < -0.39 is 12.6 Å². The number of aliphatic carboxylic acids is 1. The number of rotatable bonds is 6. The Morgan fingerprint density at radius 2 is 2.08 bits per heavy atom. The van der Waals surface area contributed by atoms with E-state index in [2.05, 4.69) is 11.1 Å². The summed E-state index contributed by atoms with van der Waals surface area (Å²) >= 11 is 2.05. The van der Waals surface area contributed by atoms with E-state index in [1.807, 2.05) is 28.7 Å². The van der Waals surface area contributed by atoms with Crippen molar-refractivity contribution in [3.63, 3.8) is 0 Å². The molecule has 0 spiro atoms. The van der Waals surface area contributed by atoms with Crippen molar-refractivity contribution in [1.29, 1.82) is 5.26 Å². The Labute approximate surface area is 152 Å².